The van der Waals surface area contributed by atoms with E-state index in [9.17, 15) is 9.59 Å². The van der Waals surface area contributed by atoms with Crippen LogP contribution >= 0.6 is 24.0 Å². The maximum absolute atomic E-state index is 12.9. The maximum atomic E-state index is 12.9. The normalized spacial score (nSPS) is 23.4. The predicted octanol–water partition coefficient (Wildman–Crippen LogP) is 1.84. The van der Waals surface area contributed by atoms with Crippen LogP contribution < -0.4 is 10.6 Å². The van der Waals surface area contributed by atoms with Crippen molar-refractivity contribution in [1.29, 1.82) is 0 Å². The van der Waals surface area contributed by atoms with Gasteiger partial charge in [-0.3, -0.25) is 14.5 Å². The number of rotatable bonds is 4. The third-order valence-electron chi connectivity index (χ3n) is 5.14. The first kappa shape index (κ1) is 22.0. The highest BCUT2D eigenvalue weighted by Crippen LogP contribution is 2.28. The summed E-state index contributed by atoms with van der Waals surface area (Å²) in [5.74, 6) is 0.0872. The van der Waals surface area contributed by atoms with Crippen molar-refractivity contribution >= 4 is 35.8 Å². The van der Waals surface area contributed by atoms with Gasteiger partial charge in [0.15, 0.2) is 0 Å². The highest BCUT2D eigenvalue weighted by Gasteiger charge is 2.30. The third kappa shape index (κ3) is 5.82. The van der Waals surface area contributed by atoms with Crippen molar-refractivity contribution in [3.05, 3.63) is 34.9 Å². The Kier molecular flexibility index (Phi) is 8.35. The molecule has 1 aromatic rings. The van der Waals surface area contributed by atoms with Gasteiger partial charge in [-0.1, -0.05) is 29.8 Å². The minimum atomic E-state index is -0.0369. The first-order chi connectivity index (χ1) is 12.5. The van der Waals surface area contributed by atoms with Gasteiger partial charge >= 0.3 is 0 Å². The van der Waals surface area contributed by atoms with Crippen LogP contribution in [-0.4, -0.2) is 66.9 Å². The number of halogens is 2. The van der Waals surface area contributed by atoms with E-state index in [0.29, 0.717) is 13.1 Å². The van der Waals surface area contributed by atoms with E-state index < -0.39 is 0 Å². The van der Waals surface area contributed by atoms with Crippen LogP contribution in [0.2, 0.25) is 5.02 Å². The highest BCUT2D eigenvalue weighted by atomic mass is 35.5. The average molecular weight is 415 g/mol. The van der Waals surface area contributed by atoms with E-state index in [4.69, 9.17) is 11.6 Å². The van der Waals surface area contributed by atoms with Crippen molar-refractivity contribution in [2.45, 2.75) is 31.8 Å². The number of amides is 2. The van der Waals surface area contributed by atoms with Gasteiger partial charge in [0.05, 0.1) is 6.54 Å². The van der Waals surface area contributed by atoms with Crippen molar-refractivity contribution in [2.75, 3.05) is 39.3 Å². The Morgan fingerprint density at radius 3 is 2.81 bits per heavy atom. The molecule has 0 radical (unpaired) electrons. The molecule has 2 fully saturated rings. The molecule has 2 unspecified atom stereocenters. The van der Waals surface area contributed by atoms with E-state index in [1.807, 2.05) is 29.2 Å². The van der Waals surface area contributed by atoms with Crippen LogP contribution in [0.5, 0.6) is 0 Å². The number of piperidine rings is 1. The molecule has 0 bridgehead atoms. The van der Waals surface area contributed by atoms with Crippen molar-refractivity contribution in [2.24, 2.45) is 0 Å². The number of likely N-dealkylation sites (tertiary alicyclic amines) is 1. The molecule has 150 valence electrons. The summed E-state index contributed by atoms with van der Waals surface area (Å²) in [6, 6.07) is 8.00. The third-order valence-corrected chi connectivity index (χ3v) is 5.48. The summed E-state index contributed by atoms with van der Waals surface area (Å²) in [5.41, 5.74) is 1.06. The zero-order valence-electron chi connectivity index (χ0n) is 15.6. The summed E-state index contributed by atoms with van der Waals surface area (Å²) in [5, 5.41) is 7.08. The molecule has 2 amide bonds. The van der Waals surface area contributed by atoms with Crippen LogP contribution in [0.25, 0.3) is 0 Å². The Morgan fingerprint density at radius 1 is 1.30 bits per heavy atom. The lowest BCUT2D eigenvalue weighted by Crippen LogP contribution is -2.54. The molecule has 2 N–H and O–H groups in total. The molecule has 2 heterocycles. The van der Waals surface area contributed by atoms with Gasteiger partial charge < -0.3 is 15.5 Å². The van der Waals surface area contributed by atoms with Gasteiger partial charge in [-0.25, -0.2) is 0 Å². The van der Waals surface area contributed by atoms with Crippen molar-refractivity contribution < 1.29 is 9.59 Å². The smallest absolute Gasteiger partial charge is 0.236 e. The van der Waals surface area contributed by atoms with E-state index in [1.54, 1.807) is 0 Å². The fourth-order valence-corrected chi connectivity index (χ4v) is 4.13. The summed E-state index contributed by atoms with van der Waals surface area (Å²) < 4.78 is 0. The summed E-state index contributed by atoms with van der Waals surface area (Å²) in [7, 11) is 0. The number of hydrogen-bond acceptors (Lipinski definition) is 4. The monoisotopic (exact) mass is 414 g/mol. The van der Waals surface area contributed by atoms with E-state index >= 15 is 0 Å². The number of hydrogen-bond donors (Lipinski definition) is 2. The molecule has 1 aromatic carbocycles. The van der Waals surface area contributed by atoms with E-state index in [2.05, 4.69) is 15.5 Å². The van der Waals surface area contributed by atoms with E-state index in [0.717, 1.165) is 49.6 Å². The van der Waals surface area contributed by atoms with E-state index in [-0.39, 0.29) is 36.3 Å². The van der Waals surface area contributed by atoms with Gasteiger partial charge in [-0.2, -0.15) is 0 Å². The predicted molar refractivity (Wildman–Crippen MR) is 109 cm³/mol. The van der Waals surface area contributed by atoms with Gasteiger partial charge in [-0.05, 0) is 24.5 Å². The quantitative estimate of drug-likeness (QED) is 0.788. The minimum Gasteiger partial charge on any atom is -0.352 e. The number of benzene rings is 1. The van der Waals surface area contributed by atoms with Crippen LogP contribution in [0.15, 0.2) is 24.3 Å². The fraction of sp³-hybridized carbons (Fsp3) is 0.579. The lowest BCUT2D eigenvalue weighted by molar-refractivity contribution is -0.135. The summed E-state index contributed by atoms with van der Waals surface area (Å²) in [6.07, 6.45) is 1.85. The van der Waals surface area contributed by atoms with Crippen LogP contribution in [0.4, 0.5) is 0 Å². The van der Waals surface area contributed by atoms with E-state index in [1.165, 1.54) is 6.92 Å². The molecule has 0 aromatic heterocycles. The zero-order valence-corrected chi connectivity index (χ0v) is 17.2. The van der Waals surface area contributed by atoms with Crippen molar-refractivity contribution in [3.63, 3.8) is 0 Å². The number of piperazine rings is 1. The second kappa shape index (κ2) is 10.3. The van der Waals surface area contributed by atoms with Crippen molar-refractivity contribution in [3.8, 4) is 0 Å². The van der Waals surface area contributed by atoms with Crippen molar-refractivity contribution in [1.82, 2.24) is 20.4 Å². The second-order valence-corrected chi connectivity index (χ2v) is 7.50. The summed E-state index contributed by atoms with van der Waals surface area (Å²) >= 11 is 6.39. The molecule has 8 heteroatoms. The molecule has 0 spiro atoms. The number of carbonyl (C=O) groups is 2. The Morgan fingerprint density at radius 2 is 2.07 bits per heavy atom. The van der Waals surface area contributed by atoms with Crippen LogP contribution in [0.1, 0.15) is 31.4 Å². The zero-order chi connectivity index (χ0) is 18.5. The standard InChI is InChI=1S/C19H27ClN4O2.ClH/c1-14(25)22-15-5-4-9-24(12-15)19(26)13-23-10-8-21-11-18(23)16-6-2-3-7-17(16)20;/h2-3,6-7,15,18,21H,4-5,8-13H2,1H3,(H,22,25);1H. The summed E-state index contributed by atoms with van der Waals surface area (Å²) in [4.78, 5) is 28.3. The minimum absolute atomic E-state index is 0. The average Bonchev–Trinajstić information content (AvgIpc) is 2.62. The SMILES string of the molecule is CC(=O)NC1CCCN(C(=O)CN2CCNCC2c2ccccc2Cl)C1.Cl. The number of nitrogens with one attached hydrogen (secondary N) is 2. The molecular weight excluding hydrogens is 387 g/mol. The molecular formula is C19H28Cl2N4O2. The molecule has 0 aliphatic carbocycles. The largest absolute Gasteiger partial charge is 0.352 e. The first-order valence-electron chi connectivity index (χ1n) is 9.28. The number of carbonyl (C=O) groups excluding carboxylic acids is 2. The summed E-state index contributed by atoms with van der Waals surface area (Å²) in [6.45, 7) is 5.72. The molecule has 2 aliphatic heterocycles. The Bertz CT molecular complexity index is 658. The van der Waals surface area contributed by atoms with Gasteiger partial charge in [0, 0.05) is 56.8 Å². The van der Waals surface area contributed by atoms with Crippen LogP contribution in [0.3, 0.4) is 0 Å². The van der Waals surface area contributed by atoms with Gasteiger partial charge in [-0.15, -0.1) is 12.4 Å². The Hall–Kier alpha value is -1.34. The van der Waals surface area contributed by atoms with Crippen LogP contribution in [-0.2, 0) is 9.59 Å². The molecule has 2 aliphatic rings. The molecule has 2 saturated heterocycles. The molecule has 6 nitrogen and oxygen atoms in total. The second-order valence-electron chi connectivity index (χ2n) is 7.09. The molecule has 0 saturated carbocycles. The van der Waals surface area contributed by atoms with Gasteiger partial charge in [0.25, 0.3) is 0 Å². The van der Waals surface area contributed by atoms with Crippen LogP contribution in [0, 0.1) is 0 Å². The molecule has 27 heavy (non-hydrogen) atoms. The fourth-order valence-electron chi connectivity index (χ4n) is 3.87. The highest BCUT2D eigenvalue weighted by molar-refractivity contribution is 6.31. The van der Waals surface area contributed by atoms with Gasteiger partial charge in [0.1, 0.15) is 0 Å². The lowest BCUT2D eigenvalue weighted by atomic mass is 10.0. The maximum Gasteiger partial charge on any atom is 0.236 e. The first-order valence-corrected chi connectivity index (χ1v) is 9.66. The Balaban J connectivity index is 0.00000261. The lowest BCUT2D eigenvalue weighted by Gasteiger charge is -2.39. The topological polar surface area (TPSA) is 64.7 Å². The number of nitrogens with zero attached hydrogens (tertiary/aromatic N) is 2. The molecule has 2 atom stereocenters. The Labute approximate surface area is 172 Å². The molecule has 3 rings (SSSR count). The van der Waals surface area contributed by atoms with Gasteiger partial charge in [0.2, 0.25) is 11.8 Å².